The van der Waals surface area contributed by atoms with E-state index < -0.39 is 0 Å². The number of β-amino-alcohol motifs (C(OH)–C–C–N with tert-alkyl or cyclic N) is 1. The van der Waals surface area contributed by atoms with Gasteiger partial charge in [0.05, 0.1) is 12.6 Å². The average molecular weight is 158 g/mol. The van der Waals surface area contributed by atoms with Crippen LogP contribution in [0, 0.1) is 0 Å². The highest BCUT2D eigenvalue weighted by atomic mass is 16.3. The van der Waals surface area contributed by atoms with E-state index in [4.69, 9.17) is 5.11 Å². The molecule has 0 aromatic rings. The van der Waals surface area contributed by atoms with Gasteiger partial charge in [-0.05, 0) is 6.92 Å². The van der Waals surface area contributed by atoms with E-state index in [0.717, 1.165) is 6.54 Å². The monoisotopic (exact) mass is 158 g/mol. The second kappa shape index (κ2) is 3.69. The van der Waals surface area contributed by atoms with Crippen molar-refractivity contribution in [3.63, 3.8) is 0 Å². The summed E-state index contributed by atoms with van der Waals surface area (Å²) in [6.45, 7) is 4.28. The SMILES string of the molecule is C[C@H](O)CN1CCNC(=O)C1. The Morgan fingerprint density at radius 1 is 1.82 bits per heavy atom. The van der Waals surface area contributed by atoms with Gasteiger partial charge in [0.1, 0.15) is 0 Å². The zero-order chi connectivity index (χ0) is 8.27. The summed E-state index contributed by atoms with van der Waals surface area (Å²) in [5, 5.41) is 11.7. The van der Waals surface area contributed by atoms with Crippen molar-refractivity contribution in [2.24, 2.45) is 0 Å². The van der Waals surface area contributed by atoms with Gasteiger partial charge < -0.3 is 10.4 Å². The summed E-state index contributed by atoms with van der Waals surface area (Å²) in [5.41, 5.74) is 0. The van der Waals surface area contributed by atoms with Gasteiger partial charge in [-0.25, -0.2) is 0 Å². The van der Waals surface area contributed by atoms with Gasteiger partial charge in [-0.3, -0.25) is 9.69 Å². The molecule has 0 unspecified atom stereocenters. The maximum atomic E-state index is 10.8. The minimum Gasteiger partial charge on any atom is -0.392 e. The van der Waals surface area contributed by atoms with Crippen LogP contribution in [0.3, 0.4) is 0 Å². The van der Waals surface area contributed by atoms with Crippen molar-refractivity contribution in [3.05, 3.63) is 0 Å². The number of aliphatic hydroxyl groups excluding tert-OH is 1. The first-order valence-corrected chi connectivity index (χ1v) is 3.85. The molecular formula is C7H14N2O2. The molecule has 1 amide bonds. The van der Waals surface area contributed by atoms with E-state index in [9.17, 15) is 4.79 Å². The van der Waals surface area contributed by atoms with Gasteiger partial charge >= 0.3 is 0 Å². The number of hydrogen-bond acceptors (Lipinski definition) is 3. The first-order chi connectivity index (χ1) is 5.18. The molecule has 1 rings (SSSR count). The van der Waals surface area contributed by atoms with Crippen LogP contribution in [0.4, 0.5) is 0 Å². The predicted molar refractivity (Wildman–Crippen MR) is 41.1 cm³/mol. The Bertz CT molecular complexity index is 147. The summed E-state index contributed by atoms with van der Waals surface area (Å²) in [6, 6.07) is 0. The third-order valence-corrected chi connectivity index (χ3v) is 1.64. The molecule has 4 nitrogen and oxygen atoms in total. The Morgan fingerprint density at radius 3 is 3.09 bits per heavy atom. The van der Waals surface area contributed by atoms with Crippen LogP contribution in [0.5, 0.6) is 0 Å². The van der Waals surface area contributed by atoms with Crippen LogP contribution < -0.4 is 5.32 Å². The van der Waals surface area contributed by atoms with Gasteiger partial charge in [0.2, 0.25) is 5.91 Å². The average Bonchev–Trinajstić information content (AvgIpc) is 1.85. The van der Waals surface area contributed by atoms with Crippen molar-refractivity contribution in [1.29, 1.82) is 0 Å². The molecule has 1 aliphatic rings. The van der Waals surface area contributed by atoms with Gasteiger partial charge in [0.25, 0.3) is 0 Å². The van der Waals surface area contributed by atoms with E-state index in [2.05, 4.69) is 5.32 Å². The predicted octanol–water partition coefficient (Wildman–Crippen LogP) is -1.20. The summed E-state index contributed by atoms with van der Waals surface area (Å²) in [5.74, 6) is 0.0527. The summed E-state index contributed by atoms with van der Waals surface area (Å²) in [4.78, 5) is 12.8. The molecule has 1 saturated heterocycles. The van der Waals surface area contributed by atoms with Gasteiger partial charge in [0, 0.05) is 19.6 Å². The lowest BCUT2D eigenvalue weighted by Crippen LogP contribution is -2.49. The van der Waals surface area contributed by atoms with Crippen molar-refractivity contribution in [2.45, 2.75) is 13.0 Å². The van der Waals surface area contributed by atoms with Crippen LogP contribution in [0.1, 0.15) is 6.92 Å². The lowest BCUT2D eigenvalue weighted by atomic mass is 10.3. The standard InChI is InChI=1S/C7H14N2O2/c1-6(10)4-9-3-2-8-7(11)5-9/h6,10H,2-5H2,1H3,(H,8,11)/t6-/m0/s1. The minimum absolute atomic E-state index is 0.0527. The van der Waals surface area contributed by atoms with E-state index in [-0.39, 0.29) is 12.0 Å². The first kappa shape index (κ1) is 8.49. The molecule has 4 heteroatoms. The van der Waals surface area contributed by atoms with Crippen molar-refractivity contribution < 1.29 is 9.90 Å². The second-order valence-electron chi connectivity index (χ2n) is 2.93. The number of nitrogens with one attached hydrogen (secondary N) is 1. The summed E-state index contributed by atoms with van der Waals surface area (Å²) < 4.78 is 0. The quantitative estimate of drug-likeness (QED) is 0.530. The molecule has 1 heterocycles. The maximum absolute atomic E-state index is 10.8. The van der Waals surface area contributed by atoms with Gasteiger partial charge in [-0.1, -0.05) is 0 Å². The zero-order valence-electron chi connectivity index (χ0n) is 6.71. The fraction of sp³-hybridized carbons (Fsp3) is 0.857. The fourth-order valence-electron chi connectivity index (χ4n) is 1.22. The number of amides is 1. The third-order valence-electron chi connectivity index (χ3n) is 1.64. The van der Waals surface area contributed by atoms with Crippen molar-refractivity contribution in [3.8, 4) is 0 Å². The Hall–Kier alpha value is -0.610. The summed E-state index contributed by atoms with van der Waals surface area (Å²) >= 11 is 0. The van der Waals surface area contributed by atoms with E-state index in [1.54, 1.807) is 6.92 Å². The van der Waals surface area contributed by atoms with Crippen LogP contribution in [-0.2, 0) is 4.79 Å². The zero-order valence-corrected chi connectivity index (χ0v) is 6.71. The largest absolute Gasteiger partial charge is 0.392 e. The Kier molecular flexibility index (Phi) is 2.84. The van der Waals surface area contributed by atoms with Crippen LogP contribution in [0.15, 0.2) is 0 Å². The van der Waals surface area contributed by atoms with Crippen molar-refractivity contribution >= 4 is 5.91 Å². The molecule has 1 fully saturated rings. The highest BCUT2D eigenvalue weighted by Crippen LogP contribution is 1.94. The number of piperazine rings is 1. The summed E-state index contributed by atoms with van der Waals surface area (Å²) in [6.07, 6.45) is -0.346. The van der Waals surface area contributed by atoms with Crippen LogP contribution in [-0.4, -0.2) is 48.2 Å². The molecule has 0 bridgehead atoms. The lowest BCUT2D eigenvalue weighted by Gasteiger charge is -2.27. The molecule has 2 N–H and O–H groups in total. The number of aliphatic hydroxyl groups is 1. The molecule has 0 aromatic heterocycles. The summed E-state index contributed by atoms with van der Waals surface area (Å²) in [7, 11) is 0. The Morgan fingerprint density at radius 2 is 2.55 bits per heavy atom. The molecule has 0 aromatic carbocycles. The molecule has 0 spiro atoms. The molecular weight excluding hydrogens is 144 g/mol. The molecule has 0 saturated carbocycles. The van der Waals surface area contributed by atoms with Crippen LogP contribution in [0.2, 0.25) is 0 Å². The fourth-order valence-corrected chi connectivity index (χ4v) is 1.22. The second-order valence-corrected chi connectivity index (χ2v) is 2.93. The molecule has 0 aliphatic carbocycles. The highest BCUT2D eigenvalue weighted by Gasteiger charge is 2.16. The molecule has 64 valence electrons. The topological polar surface area (TPSA) is 52.6 Å². The number of rotatable bonds is 2. The first-order valence-electron chi connectivity index (χ1n) is 3.85. The van der Waals surface area contributed by atoms with Crippen LogP contribution in [0.25, 0.3) is 0 Å². The van der Waals surface area contributed by atoms with Crippen LogP contribution >= 0.6 is 0 Å². The van der Waals surface area contributed by atoms with E-state index in [0.29, 0.717) is 19.6 Å². The van der Waals surface area contributed by atoms with E-state index in [1.807, 2.05) is 4.90 Å². The van der Waals surface area contributed by atoms with Gasteiger partial charge in [-0.15, -0.1) is 0 Å². The molecule has 11 heavy (non-hydrogen) atoms. The van der Waals surface area contributed by atoms with Crippen molar-refractivity contribution in [1.82, 2.24) is 10.2 Å². The number of carbonyl (C=O) groups is 1. The smallest absolute Gasteiger partial charge is 0.234 e. The number of hydrogen-bond donors (Lipinski definition) is 2. The third kappa shape index (κ3) is 2.86. The Balaban J connectivity index is 2.28. The van der Waals surface area contributed by atoms with E-state index in [1.165, 1.54) is 0 Å². The molecule has 1 aliphatic heterocycles. The van der Waals surface area contributed by atoms with Gasteiger partial charge in [-0.2, -0.15) is 0 Å². The minimum atomic E-state index is -0.346. The normalized spacial score (nSPS) is 22.9. The lowest BCUT2D eigenvalue weighted by molar-refractivity contribution is -0.124. The molecule has 1 atom stereocenters. The van der Waals surface area contributed by atoms with E-state index >= 15 is 0 Å². The number of carbonyl (C=O) groups excluding carboxylic acids is 1. The maximum Gasteiger partial charge on any atom is 0.234 e. The number of nitrogens with zero attached hydrogens (tertiary/aromatic N) is 1. The highest BCUT2D eigenvalue weighted by molar-refractivity contribution is 5.78. The molecule has 0 radical (unpaired) electrons. The van der Waals surface area contributed by atoms with Gasteiger partial charge in [0.15, 0.2) is 0 Å². The Labute approximate surface area is 66.2 Å². The van der Waals surface area contributed by atoms with Crippen molar-refractivity contribution in [2.75, 3.05) is 26.2 Å².